The number of Topliss-reactive ketones (excluding diaryl/α,β-unsaturated/α-hetero) is 2. The van der Waals surface area contributed by atoms with Gasteiger partial charge in [-0.15, -0.1) is 0 Å². The van der Waals surface area contributed by atoms with Crippen molar-refractivity contribution < 1.29 is 18.8 Å². The van der Waals surface area contributed by atoms with Crippen molar-refractivity contribution in [1.82, 2.24) is 0 Å². The first-order chi connectivity index (χ1) is 12.6. The van der Waals surface area contributed by atoms with E-state index < -0.39 is 11.9 Å². The predicted molar refractivity (Wildman–Crippen MR) is 102 cm³/mol. The molecule has 0 radical (unpaired) electrons. The van der Waals surface area contributed by atoms with Crippen molar-refractivity contribution in [2.75, 3.05) is 0 Å². The third kappa shape index (κ3) is 4.41. The van der Waals surface area contributed by atoms with Crippen LogP contribution in [0.2, 0.25) is 0 Å². The minimum atomic E-state index is -0.769. The molecular formula is C19H26N4O4. The number of benzene rings is 1. The first-order valence-electron chi connectivity index (χ1n) is 8.81. The summed E-state index contributed by atoms with van der Waals surface area (Å²) >= 11 is 0. The number of carbonyl (C=O) groups is 3. The van der Waals surface area contributed by atoms with E-state index in [0.29, 0.717) is 11.0 Å². The summed E-state index contributed by atoms with van der Waals surface area (Å²) in [5, 5.41) is 0.605. The van der Waals surface area contributed by atoms with Crippen molar-refractivity contribution in [3.63, 3.8) is 0 Å². The zero-order chi connectivity index (χ0) is 20.3. The van der Waals surface area contributed by atoms with Gasteiger partial charge in [-0.1, -0.05) is 12.1 Å². The molecule has 1 heterocycles. The Bertz CT molecular complexity index is 860. The number of ketones is 2. The maximum Gasteiger partial charge on any atom is 0.285 e. The van der Waals surface area contributed by atoms with E-state index in [2.05, 4.69) is 0 Å². The number of aryl methyl sites for hydroxylation is 1. The van der Waals surface area contributed by atoms with Crippen LogP contribution in [0.1, 0.15) is 52.7 Å². The minimum Gasteiger partial charge on any atom is -0.450 e. The fourth-order valence-electron chi connectivity index (χ4n) is 3.07. The van der Waals surface area contributed by atoms with Crippen molar-refractivity contribution in [3.05, 3.63) is 35.1 Å². The second kappa shape index (κ2) is 8.43. The van der Waals surface area contributed by atoms with E-state index in [1.807, 2.05) is 13.0 Å². The zero-order valence-corrected chi connectivity index (χ0v) is 15.5. The lowest BCUT2D eigenvalue weighted by Crippen LogP contribution is -2.46. The summed E-state index contributed by atoms with van der Waals surface area (Å²) in [6.07, 6.45) is 2.62. The Labute approximate surface area is 157 Å². The monoisotopic (exact) mass is 374 g/mol. The molecule has 1 aliphatic rings. The van der Waals surface area contributed by atoms with Crippen molar-refractivity contribution in [1.29, 1.82) is 0 Å². The molecule has 1 amide bonds. The molecule has 0 spiro atoms. The normalized spacial score (nSPS) is 20.7. The van der Waals surface area contributed by atoms with Gasteiger partial charge < -0.3 is 27.4 Å². The Morgan fingerprint density at radius 3 is 2.26 bits per heavy atom. The molecule has 0 aliphatic heterocycles. The number of hydrogen-bond acceptors (Lipinski definition) is 7. The van der Waals surface area contributed by atoms with Crippen LogP contribution in [0.15, 0.2) is 22.6 Å². The van der Waals surface area contributed by atoms with E-state index >= 15 is 0 Å². The molecule has 8 nitrogen and oxygen atoms in total. The van der Waals surface area contributed by atoms with E-state index in [1.54, 1.807) is 19.1 Å². The molecule has 1 aliphatic carbocycles. The Kier molecular flexibility index (Phi) is 6.48. The fourth-order valence-corrected chi connectivity index (χ4v) is 3.07. The molecule has 2 aromatic rings. The van der Waals surface area contributed by atoms with Crippen LogP contribution >= 0.6 is 0 Å². The molecule has 1 aromatic carbocycles. The van der Waals surface area contributed by atoms with E-state index in [0.717, 1.165) is 24.8 Å². The molecule has 1 saturated carbocycles. The highest BCUT2D eigenvalue weighted by Gasteiger charge is 2.27. The second-order valence-corrected chi connectivity index (χ2v) is 6.82. The van der Waals surface area contributed by atoms with Gasteiger partial charge in [0.25, 0.3) is 5.91 Å². The lowest BCUT2D eigenvalue weighted by atomic mass is 9.91. The first kappa shape index (κ1) is 20.8. The fraction of sp³-hybridized carbons (Fsp3) is 0.421. The number of primary amides is 1. The summed E-state index contributed by atoms with van der Waals surface area (Å²) in [5.41, 5.74) is 23.2. The number of fused-ring (bicyclic) bond motifs is 1. The van der Waals surface area contributed by atoms with Gasteiger partial charge in [0, 0.05) is 5.39 Å². The highest BCUT2D eigenvalue weighted by molar-refractivity contribution is 6.17. The molecule has 8 heteroatoms. The van der Waals surface area contributed by atoms with E-state index in [-0.39, 0.29) is 35.0 Å². The number of hydrogen-bond donors (Lipinski definition) is 4. The van der Waals surface area contributed by atoms with Gasteiger partial charge in [-0.25, -0.2) is 0 Å². The van der Waals surface area contributed by atoms with Crippen LogP contribution in [0.4, 0.5) is 0 Å². The van der Waals surface area contributed by atoms with Gasteiger partial charge in [-0.05, 0) is 44.7 Å². The van der Waals surface area contributed by atoms with Crippen LogP contribution in [-0.4, -0.2) is 35.6 Å². The molecule has 3 atom stereocenters. The molecule has 0 saturated heterocycles. The maximum atomic E-state index is 12.1. The topological polar surface area (TPSA) is 168 Å². The van der Waals surface area contributed by atoms with Crippen molar-refractivity contribution in [2.45, 2.75) is 51.2 Å². The van der Waals surface area contributed by atoms with Crippen LogP contribution < -0.4 is 22.9 Å². The van der Waals surface area contributed by atoms with Gasteiger partial charge in [-0.2, -0.15) is 0 Å². The van der Waals surface area contributed by atoms with Gasteiger partial charge >= 0.3 is 0 Å². The maximum absolute atomic E-state index is 12.1. The first-order valence-corrected chi connectivity index (χ1v) is 8.81. The number of nitrogens with two attached hydrogens (primary N) is 4. The molecule has 27 heavy (non-hydrogen) atoms. The van der Waals surface area contributed by atoms with Crippen molar-refractivity contribution in [3.8, 4) is 0 Å². The Balaban J connectivity index is 0.000000244. The number of rotatable bonds is 3. The molecule has 146 valence electrons. The molecule has 8 N–H and O–H groups in total. The predicted octanol–water partition coefficient (Wildman–Crippen LogP) is 0.764. The van der Waals surface area contributed by atoms with Crippen molar-refractivity contribution in [2.24, 2.45) is 22.9 Å². The highest BCUT2D eigenvalue weighted by Crippen LogP contribution is 2.29. The quantitative estimate of drug-likeness (QED) is 0.575. The third-order valence-electron chi connectivity index (χ3n) is 4.57. The summed E-state index contributed by atoms with van der Waals surface area (Å²) < 4.78 is 5.36. The average molecular weight is 374 g/mol. The average Bonchev–Trinajstić information content (AvgIpc) is 3.00. The zero-order valence-electron chi connectivity index (χ0n) is 15.5. The summed E-state index contributed by atoms with van der Waals surface area (Å²) in [5.74, 6) is -1.21. The van der Waals surface area contributed by atoms with Crippen LogP contribution in [0.5, 0.6) is 0 Å². The van der Waals surface area contributed by atoms with Crippen LogP contribution in [-0.2, 0) is 4.79 Å². The Morgan fingerprint density at radius 1 is 1.19 bits per heavy atom. The van der Waals surface area contributed by atoms with Crippen LogP contribution in [0, 0.1) is 6.92 Å². The Hall–Kier alpha value is -2.55. The standard InChI is InChI=1S/C13H14N2O3.C6H12N2O/c1-6-4-3-5-8-9(6)10(11(16)7(2)14)12(18-8)13(15)17;7-4-2-1-3-5(8)6(4)9/h3-5,7H,14H2,1-2H3,(H2,15,17);4-5H,1-3,7-8H2. The van der Waals surface area contributed by atoms with Gasteiger partial charge in [0.1, 0.15) is 5.58 Å². The van der Waals surface area contributed by atoms with E-state index in [9.17, 15) is 14.4 Å². The van der Waals surface area contributed by atoms with Gasteiger partial charge in [-0.3, -0.25) is 14.4 Å². The SMILES string of the molecule is Cc1cccc2oc(C(N)=O)c(C(=O)C(C)N)c12.NC1CCCC(N)C1=O. The third-order valence-corrected chi connectivity index (χ3v) is 4.57. The minimum absolute atomic E-state index is 0.0289. The summed E-state index contributed by atoms with van der Waals surface area (Å²) in [6, 6.07) is 4.02. The number of furan rings is 1. The second-order valence-electron chi connectivity index (χ2n) is 6.82. The lowest BCUT2D eigenvalue weighted by Gasteiger charge is -2.21. The van der Waals surface area contributed by atoms with Crippen LogP contribution in [0.25, 0.3) is 11.0 Å². The van der Waals surface area contributed by atoms with Gasteiger partial charge in [0.2, 0.25) is 5.76 Å². The summed E-state index contributed by atoms with van der Waals surface area (Å²) in [6.45, 7) is 3.39. The van der Waals surface area contributed by atoms with E-state index in [4.69, 9.17) is 27.4 Å². The molecule has 1 fully saturated rings. The van der Waals surface area contributed by atoms with E-state index in [1.165, 1.54) is 0 Å². The van der Waals surface area contributed by atoms with Gasteiger partial charge in [0.15, 0.2) is 11.6 Å². The number of carbonyl (C=O) groups excluding carboxylic acids is 3. The molecule has 3 rings (SSSR count). The molecule has 0 bridgehead atoms. The largest absolute Gasteiger partial charge is 0.450 e. The molecule has 1 aromatic heterocycles. The molecular weight excluding hydrogens is 348 g/mol. The van der Waals surface area contributed by atoms with Gasteiger partial charge in [0.05, 0.1) is 23.7 Å². The smallest absolute Gasteiger partial charge is 0.285 e. The van der Waals surface area contributed by atoms with Crippen LogP contribution in [0.3, 0.4) is 0 Å². The summed E-state index contributed by atoms with van der Waals surface area (Å²) in [7, 11) is 0. The lowest BCUT2D eigenvalue weighted by molar-refractivity contribution is -0.123. The summed E-state index contributed by atoms with van der Waals surface area (Å²) in [4.78, 5) is 34.3. The van der Waals surface area contributed by atoms with Crippen molar-refractivity contribution >= 4 is 28.4 Å². The molecule has 3 unspecified atom stereocenters. The number of amides is 1. The Morgan fingerprint density at radius 2 is 1.78 bits per heavy atom. The highest BCUT2D eigenvalue weighted by atomic mass is 16.3.